The predicted molar refractivity (Wildman–Crippen MR) is 143 cm³/mol. The maximum Gasteiger partial charge on any atom is 0.232 e. The van der Waals surface area contributed by atoms with Gasteiger partial charge in [0.2, 0.25) is 17.4 Å². The lowest BCUT2D eigenvalue weighted by molar-refractivity contribution is -0.284. The van der Waals surface area contributed by atoms with Crippen LogP contribution in [0.25, 0.3) is 22.5 Å². The number of rotatable bonds is 11. The van der Waals surface area contributed by atoms with Gasteiger partial charge >= 0.3 is 0 Å². The highest BCUT2D eigenvalue weighted by atomic mass is 16.7. The zero-order valence-electron chi connectivity index (χ0n) is 22.8. The fourth-order valence-corrected chi connectivity index (χ4v) is 4.46. The number of benzene rings is 2. The summed E-state index contributed by atoms with van der Waals surface area (Å²) in [4.78, 5) is 4.98. The lowest BCUT2D eigenvalue weighted by atomic mass is 9.98. The largest absolute Gasteiger partial charge is 0.341 e. The molecule has 0 radical (unpaired) electrons. The van der Waals surface area contributed by atoms with Crippen LogP contribution in [0, 0.1) is 0 Å². The van der Waals surface area contributed by atoms with Gasteiger partial charge in [-0.05, 0) is 63.4 Å². The monoisotopic (exact) mass is 503 g/mol. The molecule has 0 amide bonds. The van der Waals surface area contributed by atoms with Gasteiger partial charge < -0.3 is 9.47 Å². The number of hydrogen-bond donors (Lipinski definition) is 1. The normalized spacial score (nSPS) is 12.3. The quantitative estimate of drug-likeness (QED) is 0.261. The number of nitrogens with zero attached hydrogens (tertiary/aromatic N) is 6. The average molecular weight is 504 g/mol. The van der Waals surface area contributed by atoms with Crippen LogP contribution in [0.5, 0.6) is 0 Å². The van der Waals surface area contributed by atoms with Crippen LogP contribution < -0.4 is 0 Å². The Morgan fingerprint density at radius 3 is 2.08 bits per heavy atom. The minimum absolute atomic E-state index is 0.0315. The Morgan fingerprint density at radius 2 is 1.54 bits per heavy atom. The first-order valence-electron chi connectivity index (χ1n) is 13.0. The predicted octanol–water partition coefficient (Wildman–Crippen LogP) is 5.71. The topological polar surface area (TPSA) is 104 Å². The smallest absolute Gasteiger partial charge is 0.232 e. The van der Waals surface area contributed by atoms with Crippen molar-refractivity contribution in [3.05, 3.63) is 65.7 Å². The number of H-pyrrole nitrogens is 1. The summed E-state index contributed by atoms with van der Waals surface area (Å²) in [7, 11) is 0. The molecule has 2 heterocycles. The third-order valence-corrected chi connectivity index (χ3v) is 5.99. The van der Waals surface area contributed by atoms with Crippen molar-refractivity contribution >= 4 is 0 Å². The summed E-state index contributed by atoms with van der Waals surface area (Å²) in [5.41, 5.74) is 4.20. The zero-order chi connectivity index (χ0) is 26.6. The van der Waals surface area contributed by atoms with Crippen molar-refractivity contribution in [3.8, 4) is 22.5 Å². The van der Waals surface area contributed by atoms with Crippen molar-refractivity contribution in [2.75, 3.05) is 0 Å². The Hall–Kier alpha value is -3.43. The first-order valence-corrected chi connectivity index (χ1v) is 13.0. The van der Waals surface area contributed by atoms with Crippen molar-refractivity contribution in [1.82, 2.24) is 35.4 Å². The van der Waals surface area contributed by atoms with E-state index in [0.717, 1.165) is 28.1 Å². The van der Waals surface area contributed by atoms with Crippen LogP contribution in [0.15, 0.2) is 48.5 Å². The standard InChI is InChI=1S/C28H37N7O2/c1-8-28(36-19(4)5,37-20(6)7)27-29-25(35(32-27)18(2)3)17-21-13-15-22(16-14-21)23-11-9-10-12-24(23)26-30-33-34-31-26/h9-16,18-20H,8,17H2,1-7H3,(H,30,31,33,34). The van der Waals surface area contributed by atoms with E-state index in [9.17, 15) is 0 Å². The first kappa shape index (κ1) is 26.6. The number of ether oxygens (including phenoxy) is 2. The molecule has 4 aromatic rings. The molecule has 196 valence electrons. The van der Waals surface area contributed by atoms with E-state index in [-0.39, 0.29) is 18.2 Å². The molecule has 0 unspecified atom stereocenters. The second-order valence-electron chi connectivity index (χ2n) is 9.98. The van der Waals surface area contributed by atoms with Gasteiger partial charge in [0.15, 0.2) is 0 Å². The van der Waals surface area contributed by atoms with Gasteiger partial charge in [-0.1, -0.05) is 55.5 Å². The fourth-order valence-electron chi connectivity index (χ4n) is 4.46. The maximum absolute atomic E-state index is 6.31. The Bertz CT molecular complexity index is 1270. The van der Waals surface area contributed by atoms with Gasteiger partial charge in [0.05, 0.1) is 12.2 Å². The van der Waals surface area contributed by atoms with E-state index < -0.39 is 5.79 Å². The Morgan fingerprint density at radius 1 is 0.892 bits per heavy atom. The molecule has 0 atom stereocenters. The van der Waals surface area contributed by atoms with Crippen LogP contribution >= 0.6 is 0 Å². The highest BCUT2D eigenvalue weighted by molar-refractivity contribution is 5.80. The maximum atomic E-state index is 6.31. The molecule has 1 N–H and O–H groups in total. The third-order valence-electron chi connectivity index (χ3n) is 5.99. The SMILES string of the molecule is CCC(OC(C)C)(OC(C)C)c1nc(Cc2ccc(-c3ccccc3-c3nn[nH]n3)cc2)n(C(C)C)n1. The fraction of sp³-hybridized carbons (Fsp3) is 0.464. The van der Waals surface area contributed by atoms with Gasteiger partial charge in [-0.3, -0.25) is 0 Å². The summed E-state index contributed by atoms with van der Waals surface area (Å²) in [6.45, 7) is 14.3. The molecule has 2 aromatic heterocycles. The van der Waals surface area contributed by atoms with Crippen LogP contribution in [-0.2, 0) is 21.7 Å². The molecule has 0 saturated heterocycles. The second kappa shape index (κ2) is 11.3. The van der Waals surface area contributed by atoms with Crippen LogP contribution in [0.2, 0.25) is 0 Å². The minimum atomic E-state index is -0.986. The molecule has 37 heavy (non-hydrogen) atoms. The molecule has 0 fully saturated rings. The van der Waals surface area contributed by atoms with E-state index in [1.165, 1.54) is 0 Å². The van der Waals surface area contributed by atoms with Crippen LogP contribution in [0.4, 0.5) is 0 Å². The third kappa shape index (κ3) is 5.94. The molecule has 0 aliphatic heterocycles. The van der Waals surface area contributed by atoms with E-state index in [1.54, 1.807) is 0 Å². The van der Waals surface area contributed by atoms with E-state index in [4.69, 9.17) is 19.6 Å². The summed E-state index contributed by atoms with van der Waals surface area (Å²) in [6, 6.07) is 16.7. The van der Waals surface area contributed by atoms with Crippen molar-refractivity contribution in [1.29, 1.82) is 0 Å². The highest BCUT2D eigenvalue weighted by Gasteiger charge is 2.40. The van der Waals surface area contributed by atoms with Crippen LogP contribution in [-0.4, -0.2) is 47.6 Å². The molecular weight excluding hydrogens is 466 g/mol. The summed E-state index contributed by atoms with van der Waals surface area (Å²) < 4.78 is 14.6. The number of tetrazole rings is 1. The Kier molecular flexibility index (Phi) is 8.14. The summed E-state index contributed by atoms with van der Waals surface area (Å²) in [6.07, 6.45) is 1.19. The van der Waals surface area contributed by atoms with Gasteiger partial charge in [-0.2, -0.15) is 5.21 Å². The number of nitrogens with one attached hydrogen (secondary N) is 1. The molecule has 4 rings (SSSR count). The lowest BCUT2D eigenvalue weighted by Gasteiger charge is -2.33. The summed E-state index contributed by atoms with van der Waals surface area (Å²) in [5, 5.41) is 19.4. The number of hydrogen-bond acceptors (Lipinski definition) is 7. The first-order chi connectivity index (χ1) is 17.7. The van der Waals surface area contributed by atoms with Crippen molar-refractivity contribution < 1.29 is 9.47 Å². The highest BCUT2D eigenvalue weighted by Crippen LogP contribution is 2.33. The molecule has 0 saturated carbocycles. The Balaban J connectivity index is 1.65. The minimum Gasteiger partial charge on any atom is -0.341 e. The van der Waals surface area contributed by atoms with Crippen molar-refractivity contribution in [3.63, 3.8) is 0 Å². The Labute approximate surface area is 218 Å². The molecule has 0 aliphatic rings. The van der Waals surface area contributed by atoms with Gasteiger partial charge in [0.25, 0.3) is 0 Å². The zero-order valence-corrected chi connectivity index (χ0v) is 22.8. The molecule has 0 spiro atoms. The van der Waals surface area contributed by atoms with Gasteiger partial charge in [-0.15, -0.1) is 15.3 Å². The van der Waals surface area contributed by atoms with Crippen molar-refractivity contribution in [2.45, 2.75) is 85.3 Å². The van der Waals surface area contributed by atoms with E-state index in [0.29, 0.717) is 24.5 Å². The van der Waals surface area contributed by atoms with Crippen LogP contribution in [0.3, 0.4) is 0 Å². The van der Waals surface area contributed by atoms with Gasteiger partial charge in [0, 0.05) is 24.4 Å². The van der Waals surface area contributed by atoms with E-state index in [1.807, 2.05) is 57.5 Å². The molecular formula is C28H37N7O2. The molecule has 0 bridgehead atoms. The number of aromatic amines is 1. The summed E-state index contributed by atoms with van der Waals surface area (Å²) in [5.74, 6) is 1.04. The molecule has 9 nitrogen and oxygen atoms in total. The van der Waals surface area contributed by atoms with E-state index in [2.05, 4.69) is 64.8 Å². The molecule has 0 aliphatic carbocycles. The molecule has 9 heteroatoms. The molecule has 2 aromatic carbocycles. The van der Waals surface area contributed by atoms with Crippen LogP contribution in [0.1, 0.15) is 78.1 Å². The lowest BCUT2D eigenvalue weighted by Crippen LogP contribution is -2.38. The van der Waals surface area contributed by atoms with Crippen molar-refractivity contribution in [2.24, 2.45) is 0 Å². The van der Waals surface area contributed by atoms with E-state index >= 15 is 0 Å². The average Bonchev–Trinajstić information content (AvgIpc) is 3.54. The van der Waals surface area contributed by atoms with Gasteiger partial charge in [-0.25, -0.2) is 9.67 Å². The summed E-state index contributed by atoms with van der Waals surface area (Å²) >= 11 is 0. The second-order valence-corrected chi connectivity index (χ2v) is 9.98. The van der Waals surface area contributed by atoms with Gasteiger partial charge in [0.1, 0.15) is 5.82 Å². The number of aromatic nitrogens is 7.